The number of benzene rings is 2. The maximum Gasteiger partial charge on any atom is 0.285 e. The first-order valence-electron chi connectivity index (χ1n) is 6.60. The average Bonchev–Trinajstić information content (AvgIpc) is 2.84. The van der Waals surface area contributed by atoms with Crippen molar-refractivity contribution in [3.05, 3.63) is 59.1 Å². The summed E-state index contributed by atoms with van der Waals surface area (Å²) >= 11 is 1.08. The van der Waals surface area contributed by atoms with Gasteiger partial charge in [-0.15, -0.1) is 10.8 Å². The summed E-state index contributed by atoms with van der Waals surface area (Å²) in [6.45, 7) is 0.148. The van der Waals surface area contributed by atoms with Gasteiger partial charge in [0.1, 0.15) is 5.82 Å². The lowest BCUT2D eigenvalue weighted by molar-refractivity contribution is 0.596. The fourth-order valence-electron chi connectivity index (χ4n) is 2.11. The lowest BCUT2D eigenvalue weighted by atomic mass is 10.3. The number of rotatable bonds is 3. The van der Waals surface area contributed by atoms with E-state index < -0.39 is 15.8 Å². The summed E-state index contributed by atoms with van der Waals surface area (Å²) < 4.78 is 44.2. The SMILES string of the molecule is C#CCn1/c(=N/S(=O)(=O)c2ccccc2)sc2cc(F)ccc21. The van der Waals surface area contributed by atoms with Gasteiger partial charge >= 0.3 is 0 Å². The maximum absolute atomic E-state index is 13.4. The summed E-state index contributed by atoms with van der Waals surface area (Å²) in [6.07, 6.45) is 5.35. The Labute approximate surface area is 136 Å². The molecule has 7 heteroatoms. The molecule has 0 bridgehead atoms. The van der Waals surface area contributed by atoms with Gasteiger partial charge in [-0.05, 0) is 30.3 Å². The second kappa shape index (κ2) is 5.99. The van der Waals surface area contributed by atoms with Crippen molar-refractivity contribution in [1.29, 1.82) is 0 Å². The van der Waals surface area contributed by atoms with Crippen LogP contribution in [0.4, 0.5) is 4.39 Å². The van der Waals surface area contributed by atoms with Crippen molar-refractivity contribution in [1.82, 2.24) is 4.57 Å². The van der Waals surface area contributed by atoms with E-state index in [-0.39, 0.29) is 16.2 Å². The van der Waals surface area contributed by atoms with Crippen LogP contribution in [0.5, 0.6) is 0 Å². The molecule has 0 spiro atoms. The summed E-state index contributed by atoms with van der Waals surface area (Å²) in [4.78, 5) is 0.309. The number of halogens is 1. The van der Waals surface area contributed by atoms with Crippen molar-refractivity contribution in [3.63, 3.8) is 0 Å². The molecule has 0 aliphatic rings. The van der Waals surface area contributed by atoms with Crippen LogP contribution in [0.1, 0.15) is 0 Å². The molecular formula is C16H11FN2O2S2. The first-order chi connectivity index (χ1) is 11.0. The zero-order chi connectivity index (χ0) is 16.4. The zero-order valence-electron chi connectivity index (χ0n) is 11.8. The Kier molecular flexibility index (Phi) is 4.03. The molecule has 0 unspecified atom stereocenters. The maximum atomic E-state index is 13.4. The summed E-state index contributed by atoms with van der Waals surface area (Å²) in [5.74, 6) is 2.06. The van der Waals surface area contributed by atoms with E-state index in [4.69, 9.17) is 6.42 Å². The zero-order valence-corrected chi connectivity index (χ0v) is 13.4. The van der Waals surface area contributed by atoms with Gasteiger partial charge in [0.25, 0.3) is 10.0 Å². The molecule has 3 aromatic rings. The minimum Gasteiger partial charge on any atom is -0.304 e. The van der Waals surface area contributed by atoms with Crippen LogP contribution in [-0.4, -0.2) is 13.0 Å². The van der Waals surface area contributed by atoms with Crippen LogP contribution in [0, 0.1) is 18.2 Å². The molecule has 0 atom stereocenters. The molecule has 4 nitrogen and oxygen atoms in total. The second-order valence-electron chi connectivity index (χ2n) is 4.67. The van der Waals surface area contributed by atoms with Crippen molar-refractivity contribution in [2.45, 2.75) is 11.4 Å². The van der Waals surface area contributed by atoms with E-state index in [9.17, 15) is 12.8 Å². The molecule has 2 aromatic carbocycles. The van der Waals surface area contributed by atoms with Gasteiger partial charge in [-0.25, -0.2) is 4.39 Å². The lowest BCUT2D eigenvalue weighted by Crippen LogP contribution is -2.16. The third kappa shape index (κ3) is 3.04. The Balaban J connectivity index is 2.27. The van der Waals surface area contributed by atoms with Crippen LogP contribution >= 0.6 is 11.3 Å². The van der Waals surface area contributed by atoms with Gasteiger partial charge in [0.2, 0.25) is 4.80 Å². The Morgan fingerprint density at radius 2 is 1.96 bits per heavy atom. The van der Waals surface area contributed by atoms with Crippen LogP contribution in [0.3, 0.4) is 0 Å². The lowest BCUT2D eigenvalue weighted by Gasteiger charge is -2.00. The minimum atomic E-state index is -3.86. The average molecular weight is 346 g/mol. The molecule has 0 aliphatic carbocycles. The van der Waals surface area contributed by atoms with Crippen LogP contribution in [0.25, 0.3) is 10.2 Å². The van der Waals surface area contributed by atoms with Gasteiger partial charge in [-0.2, -0.15) is 8.42 Å². The van der Waals surface area contributed by atoms with Gasteiger partial charge in [0, 0.05) is 0 Å². The number of thiazole rings is 1. The largest absolute Gasteiger partial charge is 0.304 e. The Hall–Kier alpha value is -2.43. The van der Waals surface area contributed by atoms with E-state index in [0.717, 1.165) is 11.3 Å². The number of fused-ring (bicyclic) bond motifs is 1. The number of nitrogens with zero attached hydrogens (tertiary/aromatic N) is 2. The quantitative estimate of drug-likeness (QED) is 0.685. The van der Waals surface area contributed by atoms with Gasteiger partial charge in [0.05, 0.1) is 21.7 Å². The highest BCUT2D eigenvalue weighted by atomic mass is 32.2. The van der Waals surface area contributed by atoms with E-state index >= 15 is 0 Å². The molecule has 3 rings (SSSR count). The Morgan fingerprint density at radius 3 is 2.65 bits per heavy atom. The monoisotopic (exact) mass is 346 g/mol. The molecule has 1 aromatic heterocycles. The van der Waals surface area contributed by atoms with Gasteiger partial charge in [-0.1, -0.05) is 35.5 Å². The summed E-state index contributed by atoms with van der Waals surface area (Å²) in [6, 6.07) is 12.1. The summed E-state index contributed by atoms with van der Waals surface area (Å²) in [5, 5.41) is 0. The van der Waals surface area contributed by atoms with Crippen molar-refractivity contribution < 1.29 is 12.8 Å². The van der Waals surface area contributed by atoms with Crippen molar-refractivity contribution >= 4 is 31.6 Å². The third-order valence-electron chi connectivity index (χ3n) is 3.13. The smallest absolute Gasteiger partial charge is 0.285 e. The molecular weight excluding hydrogens is 335 g/mol. The molecule has 116 valence electrons. The standard InChI is InChI=1S/C16H11FN2O2S2/c1-2-10-19-14-9-8-12(17)11-15(14)22-16(19)18-23(20,21)13-6-4-3-5-7-13/h1,3-9,11H,10H2/b18-16-. The van der Waals surface area contributed by atoms with E-state index in [1.807, 2.05) is 0 Å². The summed E-state index contributed by atoms with van der Waals surface area (Å²) in [7, 11) is -3.86. The molecule has 0 saturated heterocycles. The summed E-state index contributed by atoms with van der Waals surface area (Å²) in [5.41, 5.74) is 0.649. The van der Waals surface area contributed by atoms with E-state index in [0.29, 0.717) is 10.2 Å². The Bertz CT molecular complexity index is 1070. The topological polar surface area (TPSA) is 51.4 Å². The predicted molar refractivity (Wildman–Crippen MR) is 87.8 cm³/mol. The first kappa shape index (κ1) is 15.5. The van der Waals surface area contributed by atoms with Crippen LogP contribution < -0.4 is 4.80 Å². The molecule has 0 N–H and O–H groups in total. The predicted octanol–water partition coefficient (Wildman–Crippen LogP) is 2.76. The molecule has 0 fully saturated rings. The molecule has 23 heavy (non-hydrogen) atoms. The highest BCUT2D eigenvalue weighted by molar-refractivity contribution is 7.90. The van der Waals surface area contributed by atoms with Crippen molar-refractivity contribution in [2.24, 2.45) is 4.40 Å². The van der Waals surface area contributed by atoms with Crippen molar-refractivity contribution in [3.8, 4) is 12.3 Å². The fraction of sp³-hybridized carbons (Fsp3) is 0.0625. The number of hydrogen-bond acceptors (Lipinski definition) is 3. The van der Waals surface area contributed by atoms with Crippen molar-refractivity contribution in [2.75, 3.05) is 0 Å². The molecule has 0 saturated carbocycles. The number of terminal acetylenes is 1. The fourth-order valence-corrected chi connectivity index (χ4v) is 4.39. The van der Waals surface area contributed by atoms with Crippen LogP contribution in [0.15, 0.2) is 57.8 Å². The molecule has 0 radical (unpaired) electrons. The third-order valence-corrected chi connectivity index (χ3v) is 5.57. The van der Waals surface area contributed by atoms with Gasteiger partial charge < -0.3 is 4.57 Å². The Morgan fingerprint density at radius 1 is 1.22 bits per heavy atom. The van der Waals surface area contributed by atoms with Gasteiger partial charge in [-0.3, -0.25) is 0 Å². The number of sulfonamides is 1. The minimum absolute atomic E-state index is 0.0934. The first-order valence-corrected chi connectivity index (χ1v) is 8.85. The van der Waals surface area contributed by atoms with Crippen LogP contribution in [-0.2, 0) is 16.6 Å². The van der Waals surface area contributed by atoms with Crippen LogP contribution in [0.2, 0.25) is 0 Å². The molecule has 1 heterocycles. The van der Waals surface area contributed by atoms with E-state index in [1.54, 1.807) is 28.8 Å². The number of aromatic nitrogens is 1. The van der Waals surface area contributed by atoms with E-state index in [1.165, 1.54) is 24.3 Å². The second-order valence-corrected chi connectivity index (χ2v) is 7.28. The normalized spacial score (nSPS) is 12.4. The van der Waals surface area contributed by atoms with E-state index in [2.05, 4.69) is 10.3 Å². The molecule has 0 aliphatic heterocycles. The number of hydrogen-bond donors (Lipinski definition) is 0. The highest BCUT2D eigenvalue weighted by Gasteiger charge is 2.14. The highest BCUT2D eigenvalue weighted by Crippen LogP contribution is 2.19. The molecule has 0 amide bonds. The van der Waals surface area contributed by atoms with Gasteiger partial charge in [0.15, 0.2) is 0 Å².